The van der Waals surface area contributed by atoms with E-state index in [0.717, 1.165) is 4.38 Å². The molecule has 64 valence electrons. The molecular formula is C6H12N2OS2. The van der Waals surface area contributed by atoms with Gasteiger partial charge >= 0.3 is 0 Å². The van der Waals surface area contributed by atoms with Crippen LogP contribution < -0.4 is 5.73 Å². The molecule has 0 aromatic carbocycles. The highest BCUT2D eigenvalue weighted by Gasteiger charge is 2.06. The average molecular weight is 192 g/mol. The van der Waals surface area contributed by atoms with E-state index >= 15 is 0 Å². The lowest BCUT2D eigenvalue weighted by Crippen LogP contribution is -2.24. The molecule has 0 radical (unpaired) electrons. The van der Waals surface area contributed by atoms with Crippen molar-refractivity contribution in [2.24, 2.45) is 10.7 Å². The van der Waals surface area contributed by atoms with Gasteiger partial charge in [0, 0.05) is 0 Å². The van der Waals surface area contributed by atoms with Crippen molar-refractivity contribution in [2.75, 3.05) is 12.5 Å². The molecular weight excluding hydrogens is 180 g/mol. The molecule has 0 heterocycles. The number of carbonyl (C=O) groups excluding carboxylic acids is 1. The van der Waals surface area contributed by atoms with E-state index in [1.807, 2.05) is 12.5 Å². The predicted molar refractivity (Wildman–Crippen MR) is 53.1 cm³/mol. The molecule has 0 aliphatic heterocycles. The molecule has 0 aliphatic rings. The third kappa shape index (κ3) is 4.31. The summed E-state index contributed by atoms with van der Waals surface area (Å²) < 4.78 is 0.885. The van der Waals surface area contributed by atoms with Gasteiger partial charge in [0.1, 0.15) is 10.4 Å². The molecule has 1 atom stereocenters. The van der Waals surface area contributed by atoms with Gasteiger partial charge < -0.3 is 5.73 Å². The molecule has 3 nitrogen and oxygen atoms in total. The Morgan fingerprint density at radius 1 is 1.45 bits per heavy atom. The van der Waals surface area contributed by atoms with Crippen LogP contribution in [0.2, 0.25) is 0 Å². The third-order valence-electron chi connectivity index (χ3n) is 1.06. The first-order valence-corrected chi connectivity index (χ1v) is 5.51. The van der Waals surface area contributed by atoms with E-state index in [4.69, 9.17) is 5.73 Å². The second kappa shape index (κ2) is 5.49. The van der Waals surface area contributed by atoms with Gasteiger partial charge in [-0.3, -0.25) is 9.79 Å². The van der Waals surface area contributed by atoms with Gasteiger partial charge in [-0.05, 0) is 19.4 Å². The Labute approximate surface area is 75.2 Å². The van der Waals surface area contributed by atoms with Gasteiger partial charge in [-0.2, -0.15) is 0 Å². The molecule has 0 saturated heterocycles. The number of nitrogens with two attached hydrogens (primary N) is 1. The van der Waals surface area contributed by atoms with Crippen molar-refractivity contribution in [3.05, 3.63) is 0 Å². The molecule has 0 spiro atoms. The lowest BCUT2D eigenvalue weighted by Gasteiger charge is -2.02. The van der Waals surface area contributed by atoms with Gasteiger partial charge in [-0.15, -0.1) is 23.5 Å². The van der Waals surface area contributed by atoms with Crippen molar-refractivity contribution >= 4 is 33.8 Å². The Morgan fingerprint density at radius 3 is 2.18 bits per heavy atom. The summed E-state index contributed by atoms with van der Waals surface area (Å²) in [7, 11) is 0. The Kier molecular flexibility index (Phi) is 5.41. The average Bonchev–Trinajstić information content (AvgIpc) is 1.99. The van der Waals surface area contributed by atoms with Gasteiger partial charge in [0.25, 0.3) is 0 Å². The molecule has 5 heteroatoms. The fourth-order valence-electron chi connectivity index (χ4n) is 0.410. The normalized spacial score (nSPS) is 12.3. The highest BCUT2D eigenvalue weighted by molar-refractivity contribution is 8.38. The van der Waals surface area contributed by atoms with Crippen LogP contribution in [0.5, 0.6) is 0 Å². The molecule has 0 aromatic heterocycles. The first kappa shape index (κ1) is 10.8. The van der Waals surface area contributed by atoms with Crippen molar-refractivity contribution in [2.45, 2.75) is 13.0 Å². The van der Waals surface area contributed by atoms with Crippen molar-refractivity contribution in [1.82, 2.24) is 0 Å². The monoisotopic (exact) mass is 192 g/mol. The highest BCUT2D eigenvalue weighted by Crippen LogP contribution is 2.11. The second-order valence-electron chi connectivity index (χ2n) is 1.88. The number of rotatable bonds is 2. The zero-order valence-electron chi connectivity index (χ0n) is 6.83. The number of carbonyl (C=O) groups is 1. The largest absolute Gasteiger partial charge is 0.368 e. The number of hydrogen-bond acceptors (Lipinski definition) is 4. The molecule has 11 heavy (non-hydrogen) atoms. The van der Waals surface area contributed by atoms with E-state index in [2.05, 4.69) is 4.99 Å². The van der Waals surface area contributed by atoms with Crippen LogP contribution in [-0.2, 0) is 4.79 Å². The van der Waals surface area contributed by atoms with Crippen LogP contribution in [0.1, 0.15) is 6.92 Å². The number of aliphatic imine (C=N–C) groups is 1. The summed E-state index contributed by atoms with van der Waals surface area (Å²) >= 11 is 3.04. The van der Waals surface area contributed by atoms with Crippen LogP contribution in [0.15, 0.2) is 4.99 Å². The number of amides is 1. The Hall–Kier alpha value is -0.160. The van der Waals surface area contributed by atoms with E-state index < -0.39 is 6.04 Å². The summed E-state index contributed by atoms with van der Waals surface area (Å²) in [5, 5.41) is 0. The summed E-state index contributed by atoms with van der Waals surface area (Å²) in [6.45, 7) is 1.69. The first-order chi connectivity index (χ1) is 5.11. The second-order valence-corrected chi connectivity index (χ2v) is 3.73. The van der Waals surface area contributed by atoms with Crippen molar-refractivity contribution in [1.29, 1.82) is 0 Å². The third-order valence-corrected chi connectivity index (χ3v) is 2.97. The fourth-order valence-corrected chi connectivity index (χ4v) is 1.60. The van der Waals surface area contributed by atoms with Crippen molar-refractivity contribution in [3.8, 4) is 0 Å². The van der Waals surface area contributed by atoms with E-state index in [1.165, 1.54) is 23.5 Å². The van der Waals surface area contributed by atoms with Crippen LogP contribution >= 0.6 is 23.5 Å². The molecule has 1 amide bonds. The molecule has 0 aromatic rings. The number of nitrogens with zero attached hydrogens (tertiary/aromatic N) is 1. The predicted octanol–water partition coefficient (Wildman–Crippen LogP) is 0.942. The summed E-state index contributed by atoms with van der Waals surface area (Å²) in [5.41, 5.74) is 5.03. The lowest BCUT2D eigenvalue weighted by atomic mass is 10.3. The smallest absolute Gasteiger partial charge is 0.241 e. The van der Waals surface area contributed by atoms with E-state index in [-0.39, 0.29) is 5.91 Å². The van der Waals surface area contributed by atoms with E-state index in [1.54, 1.807) is 6.92 Å². The molecule has 0 saturated carbocycles. The Bertz CT molecular complexity index is 164. The zero-order chi connectivity index (χ0) is 8.85. The maximum absolute atomic E-state index is 10.6. The van der Waals surface area contributed by atoms with Crippen molar-refractivity contribution in [3.63, 3.8) is 0 Å². The SMILES string of the molecule is CSC(=NC(C)C(N)=O)SC. The Balaban J connectivity index is 4.14. The standard InChI is InChI=1S/C6H12N2OS2/c1-4(5(7)9)8-6(10-2)11-3/h4H,1-3H3,(H2,7,9). The summed E-state index contributed by atoms with van der Waals surface area (Å²) in [4.78, 5) is 14.6. The lowest BCUT2D eigenvalue weighted by molar-refractivity contribution is -0.118. The van der Waals surface area contributed by atoms with Crippen LogP contribution in [0, 0.1) is 0 Å². The minimum atomic E-state index is -0.412. The van der Waals surface area contributed by atoms with Gasteiger partial charge in [0.05, 0.1) is 0 Å². The minimum Gasteiger partial charge on any atom is -0.368 e. The topological polar surface area (TPSA) is 55.4 Å². The molecule has 0 aliphatic carbocycles. The quantitative estimate of drug-likeness (QED) is 0.523. The molecule has 0 rings (SSSR count). The van der Waals surface area contributed by atoms with Crippen molar-refractivity contribution < 1.29 is 4.79 Å². The summed E-state index contributed by atoms with van der Waals surface area (Å²) in [5.74, 6) is -0.384. The van der Waals surface area contributed by atoms with Crippen LogP contribution in [0.3, 0.4) is 0 Å². The number of hydrogen-bond donors (Lipinski definition) is 1. The maximum Gasteiger partial charge on any atom is 0.241 e. The van der Waals surface area contributed by atoms with Gasteiger partial charge in [-0.1, -0.05) is 0 Å². The number of thioether (sulfide) groups is 2. The molecule has 0 fully saturated rings. The van der Waals surface area contributed by atoms with Crippen LogP contribution in [0.4, 0.5) is 0 Å². The summed E-state index contributed by atoms with van der Waals surface area (Å²) in [6.07, 6.45) is 3.84. The zero-order valence-corrected chi connectivity index (χ0v) is 8.46. The molecule has 2 N–H and O–H groups in total. The number of primary amides is 1. The van der Waals surface area contributed by atoms with Gasteiger partial charge in [-0.25, -0.2) is 0 Å². The minimum absolute atomic E-state index is 0.384. The van der Waals surface area contributed by atoms with Gasteiger partial charge in [0.2, 0.25) is 5.91 Å². The molecule has 1 unspecified atom stereocenters. The van der Waals surface area contributed by atoms with Crippen LogP contribution in [-0.4, -0.2) is 28.8 Å². The maximum atomic E-state index is 10.6. The Morgan fingerprint density at radius 2 is 1.91 bits per heavy atom. The molecule has 0 bridgehead atoms. The fraction of sp³-hybridized carbons (Fsp3) is 0.667. The van der Waals surface area contributed by atoms with Gasteiger partial charge in [0.15, 0.2) is 0 Å². The van der Waals surface area contributed by atoms with Crippen LogP contribution in [0.25, 0.3) is 0 Å². The van der Waals surface area contributed by atoms with E-state index in [0.29, 0.717) is 0 Å². The highest BCUT2D eigenvalue weighted by atomic mass is 32.2. The van der Waals surface area contributed by atoms with E-state index in [9.17, 15) is 4.79 Å². The first-order valence-electron chi connectivity index (χ1n) is 3.07. The summed E-state index contributed by atoms with van der Waals surface area (Å²) in [6, 6.07) is -0.412.